The van der Waals surface area contributed by atoms with Gasteiger partial charge < -0.3 is 21.7 Å². The van der Waals surface area contributed by atoms with Crippen LogP contribution in [-0.2, 0) is 6.54 Å². The van der Waals surface area contributed by atoms with Crippen LogP contribution in [0.1, 0.15) is 6.42 Å². The summed E-state index contributed by atoms with van der Waals surface area (Å²) in [6.07, 6.45) is 1.13. The molecule has 6 N–H and O–H groups in total. The topological polar surface area (TPSA) is 110 Å². The molecule has 0 aliphatic heterocycles. The van der Waals surface area contributed by atoms with E-state index in [4.69, 9.17) is 21.7 Å². The fraction of sp³-hybridized carbons (Fsp3) is 0.571. The monoisotopic (exact) mass is 186 g/mol. The number of anilines is 2. The lowest BCUT2D eigenvalue weighted by molar-refractivity contribution is 0.0839. The number of hydrogen-bond donors (Lipinski definition) is 4. The maximum atomic E-state index is 9.05. The number of aliphatic hydroxyl groups is 2. The highest BCUT2D eigenvalue weighted by Crippen LogP contribution is 2.12. The van der Waals surface area contributed by atoms with E-state index in [0.717, 1.165) is 0 Å². The van der Waals surface area contributed by atoms with Gasteiger partial charge in [0, 0.05) is 6.54 Å². The molecule has 1 rings (SSSR count). The lowest BCUT2D eigenvalue weighted by atomic mass is 10.3. The van der Waals surface area contributed by atoms with E-state index in [-0.39, 0.29) is 6.61 Å². The Kier molecular flexibility index (Phi) is 3.10. The Balaban J connectivity index is 2.50. The third kappa shape index (κ3) is 2.33. The van der Waals surface area contributed by atoms with Gasteiger partial charge in [0.1, 0.15) is 5.82 Å². The SMILES string of the molecule is Nc1cnn(CCC(O)CO)c1N. The fourth-order valence-corrected chi connectivity index (χ4v) is 0.950. The number of aryl methyl sites for hydroxylation is 1. The Morgan fingerprint density at radius 3 is 2.69 bits per heavy atom. The van der Waals surface area contributed by atoms with Crippen LogP contribution in [0, 0.1) is 0 Å². The molecule has 74 valence electrons. The summed E-state index contributed by atoms with van der Waals surface area (Å²) in [4.78, 5) is 0. The van der Waals surface area contributed by atoms with Crippen molar-refractivity contribution in [1.29, 1.82) is 0 Å². The smallest absolute Gasteiger partial charge is 0.145 e. The van der Waals surface area contributed by atoms with Crippen molar-refractivity contribution in [2.24, 2.45) is 0 Å². The minimum absolute atomic E-state index is 0.253. The van der Waals surface area contributed by atoms with Gasteiger partial charge >= 0.3 is 0 Å². The summed E-state index contributed by atoms with van der Waals surface area (Å²) in [5, 5.41) is 21.5. The van der Waals surface area contributed by atoms with Crippen LogP contribution in [0.25, 0.3) is 0 Å². The Bertz CT molecular complexity index is 273. The number of nitrogen functional groups attached to an aromatic ring is 2. The van der Waals surface area contributed by atoms with E-state index < -0.39 is 6.10 Å². The molecule has 1 aromatic heterocycles. The van der Waals surface area contributed by atoms with Crippen LogP contribution in [0.15, 0.2) is 6.20 Å². The van der Waals surface area contributed by atoms with E-state index in [0.29, 0.717) is 24.5 Å². The van der Waals surface area contributed by atoms with Gasteiger partial charge in [0.25, 0.3) is 0 Å². The Morgan fingerprint density at radius 2 is 2.23 bits per heavy atom. The second-order valence-corrected chi connectivity index (χ2v) is 2.83. The fourth-order valence-electron chi connectivity index (χ4n) is 0.950. The van der Waals surface area contributed by atoms with Crippen molar-refractivity contribution in [3.05, 3.63) is 6.20 Å². The van der Waals surface area contributed by atoms with Gasteiger partial charge in [-0.1, -0.05) is 0 Å². The second kappa shape index (κ2) is 4.11. The van der Waals surface area contributed by atoms with Gasteiger partial charge in [0.15, 0.2) is 0 Å². The van der Waals surface area contributed by atoms with Gasteiger partial charge in [-0.05, 0) is 6.42 Å². The lowest BCUT2D eigenvalue weighted by Gasteiger charge is -2.07. The minimum atomic E-state index is -0.732. The van der Waals surface area contributed by atoms with Crippen molar-refractivity contribution in [3.8, 4) is 0 Å². The van der Waals surface area contributed by atoms with Gasteiger partial charge in [0.2, 0.25) is 0 Å². The van der Waals surface area contributed by atoms with Crippen LogP contribution in [0.4, 0.5) is 11.5 Å². The van der Waals surface area contributed by atoms with Gasteiger partial charge in [0.05, 0.1) is 24.6 Å². The van der Waals surface area contributed by atoms with E-state index in [1.165, 1.54) is 10.9 Å². The van der Waals surface area contributed by atoms with Crippen molar-refractivity contribution in [2.45, 2.75) is 19.1 Å². The molecule has 1 heterocycles. The standard InChI is InChI=1S/C7H14N4O2/c8-6-3-10-11(7(6)9)2-1-5(13)4-12/h3,5,12-13H,1-2,4,8-9H2. The first-order chi connectivity index (χ1) is 6.15. The second-order valence-electron chi connectivity index (χ2n) is 2.83. The van der Waals surface area contributed by atoms with Gasteiger partial charge in [-0.3, -0.25) is 0 Å². The summed E-state index contributed by atoms with van der Waals surface area (Å²) < 4.78 is 1.49. The quantitative estimate of drug-likeness (QED) is 0.471. The third-order valence-corrected chi connectivity index (χ3v) is 1.79. The highest BCUT2D eigenvalue weighted by Gasteiger charge is 2.06. The first-order valence-corrected chi connectivity index (χ1v) is 4.00. The number of aromatic nitrogens is 2. The van der Waals surface area contributed by atoms with Crippen LogP contribution >= 0.6 is 0 Å². The van der Waals surface area contributed by atoms with E-state index in [1.54, 1.807) is 0 Å². The normalized spacial score (nSPS) is 13.1. The molecule has 13 heavy (non-hydrogen) atoms. The number of rotatable bonds is 4. The van der Waals surface area contributed by atoms with Crippen molar-refractivity contribution in [2.75, 3.05) is 18.1 Å². The first-order valence-electron chi connectivity index (χ1n) is 4.00. The molecule has 1 atom stereocenters. The van der Waals surface area contributed by atoms with Crippen molar-refractivity contribution in [3.63, 3.8) is 0 Å². The highest BCUT2D eigenvalue weighted by atomic mass is 16.3. The molecule has 0 aliphatic carbocycles. The molecule has 0 amide bonds. The molecule has 6 nitrogen and oxygen atoms in total. The molecule has 1 aromatic rings. The zero-order valence-corrected chi connectivity index (χ0v) is 7.22. The first kappa shape index (κ1) is 9.82. The average molecular weight is 186 g/mol. The van der Waals surface area contributed by atoms with Crippen LogP contribution in [0.5, 0.6) is 0 Å². The van der Waals surface area contributed by atoms with Crippen molar-refractivity contribution in [1.82, 2.24) is 9.78 Å². The molecule has 0 bridgehead atoms. The van der Waals surface area contributed by atoms with Crippen LogP contribution in [0.2, 0.25) is 0 Å². The molecule has 0 spiro atoms. The van der Waals surface area contributed by atoms with E-state index in [2.05, 4.69) is 5.10 Å². The Hall–Kier alpha value is -1.27. The Labute approximate surface area is 75.8 Å². The summed E-state index contributed by atoms with van der Waals surface area (Å²) in [5.41, 5.74) is 11.5. The van der Waals surface area contributed by atoms with Gasteiger partial charge in [-0.25, -0.2) is 4.68 Å². The molecule has 0 saturated carbocycles. The number of hydrogen-bond acceptors (Lipinski definition) is 5. The maximum Gasteiger partial charge on any atom is 0.145 e. The van der Waals surface area contributed by atoms with Crippen molar-refractivity contribution < 1.29 is 10.2 Å². The summed E-state index contributed by atoms with van der Waals surface area (Å²) in [7, 11) is 0. The molecule has 0 radical (unpaired) electrons. The average Bonchev–Trinajstić information content (AvgIpc) is 2.44. The van der Waals surface area contributed by atoms with E-state index in [1.807, 2.05) is 0 Å². The molecule has 0 fully saturated rings. The van der Waals surface area contributed by atoms with Crippen LogP contribution in [-0.4, -0.2) is 32.7 Å². The zero-order valence-electron chi connectivity index (χ0n) is 7.22. The number of nitrogens with zero attached hydrogens (tertiary/aromatic N) is 2. The van der Waals surface area contributed by atoms with Crippen molar-refractivity contribution >= 4 is 11.5 Å². The predicted molar refractivity (Wildman–Crippen MR) is 48.8 cm³/mol. The predicted octanol–water partition coefficient (Wildman–Crippen LogP) is -1.21. The molecule has 0 saturated heterocycles. The largest absolute Gasteiger partial charge is 0.394 e. The van der Waals surface area contributed by atoms with Crippen LogP contribution in [0.3, 0.4) is 0 Å². The number of nitrogens with two attached hydrogens (primary N) is 2. The summed E-state index contributed by atoms with van der Waals surface area (Å²) in [6.45, 7) is 0.196. The molecule has 1 unspecified atom stereocenters. The molecule has 0 aliphatic rings. The van der Waals surface area contributed by atoms with Crippen LogP contribution < -0.4 is 11.5 Å². The summed E-state index contributed by atoms with van der Waals surface area (Å²) >= 11 is 0. The minimum Gasteiger partial charge on any atom is -0.394 e. The molecule has 6 heteroatoms. The van der Waals surface area contributed by atoms with E-state index in [9.17, 15) is 0 Å². The lowest BCUT2D eigenvalue weighted by Crippen LogP contribution is -2.16. The summed E-state index contributed by atoms with van der Waals surface area (Å²) in [6, 6.07) is 0. The van der Waals surface area contributed by atoms with Gasteiger partial charge in [-0.15, -0.1) is 0 Å². The zero-order chi connectivity index (χ0) is 9.84. The maximum absolute atomic E-state index is 9.05. The molecular formula is C7H14N4O2. The third-order valence-electron chi connectivity index (χ3n) is 1.79. The van der Waals surface area contributed by atoms with Gasteiger partial charge in [-0.2, -0.15) is 5.10 Å². The molecule has 0 aromatic carbocycles. The summed E-state index contributed by atoms with van der Waals surface area (Å²) in [5.74, 6) is 0.394. The molecular weight excluding hydrogens is 172 g/mol. The number of aliphatic hydroxyl groups excluding tert-OH is 2. The highest BCUT2D eigenvalue weighted by molar-refractivity contribution is 5.56. The van der Waals surface area contributed by atoms with E-state index >= 15 is 0 Å². The Morgan fingerprint density at radius 1 is 1.54 bits per heavy atom.